The second-order valence-electron chi connectivity index (χ2n) is 10.9. The Hall–Kier alpha value is -3.22. The molecule has 1 amide bonds. The second kappa shape index (κ2) is 10.7. The molecule has 1 saturated heterocycles. The number of piperidine rings is 1. The third-order valence-electron chi connectivity index (χ3n) is 8.14. The third-order valence-corrected chi connectivity index (χ3v) is 8.14. The Bertz CT molecular complexity index is 1320. The van der Waals surface area contributed by atoms with E-state index < -0.39 is 43.0 Å². The molecular formula is C26H34F4N8O. The fourth-order valence-electron chi connectivity index (χ4n) is 5.82. The normalized spacial score (nSPS) is 24.3. The van der Waals surface area contributed by atoms with Gasteiger partial charge >= 0.3 is 0 Å². The van der Waals surface area contributed by atoms with Crippen LogP contribution in [0.1, 0.15) is 80.9 Å². The number of alkyl halides is 4. The van der Waals surface area contributed by atoms with Crippen molar-refractivity contribution in [2.24, 2.45) is 17.6 Å². The monoisotopic (exact) mass is 550 g/mol. The maximum Gasteiger partial charge on any atom is 0.284 e. The van der Waals surface area contributed by atoms with Gasteiger partial charge < -0.3 is 16.0 Å². The number of nitrogens with zero attached hydrogens (tertiary/aromatic N) is 6. The predicted molar refractivity (Wildman–Crippen MR) is 138 cm³/mol. The van der Waals surface area contributed by atoms with E-state index in [0.29, 0.717) is 11.8 Å². The third kappa shape index (κ3) is 5.73. The van der Waals surface area contributed by atoms with Crippen molar-refractivity contribution in [1.82, 2.24) is 24.4 Å². The number of rotatable bonds is 7. The van der Waals surface area contributed by atoms with Crippen LogP contribution in [0.2, 0.25) is 0 Å². The lowest BCUT2D eigenvalue weighted by atomic mass is 9.78. The van der Waals surface area contributed by atoms with Crippen LogP contribution in [0.4, 0.5) is 29.1 Å². The number of nitrogens with one attached hydrogen (secondary N) is 1. The van der Waals surface area contributed by atoms with Gasteiger partial charge in [0.2, 0.25) is 0 Å². The highest BCUT2D eigenvalue weighted by atomic mass is 19.3. The Kier molecular flexibility index (Phi) is 7.53. The molecule has 3 aromatic heterocycles. The molecule has 3 aromatic rings. The molecule has 0 aromatic carbocycles. The van der Waals surface area contributed by atoms with E-state index in [1.54, 1.807) is 4.68 Å². The Balaban J connectivity index is 1.36. The first-order valence-corrected chi connectivity index (χ1v) is 13.5. The van der Waals surface area contributed by atoms with E-state index in [9.17, 15) is 22.4 Å². The fraction of sp³-hybridized carbons (Fsp3) is 0.615. The highest BCUT2D eigenvalue weighted by molar-refractivity contribution is 6.08. The van der Waals surface area contributed by atoms with E-state index in [-0.39, 0.29) is 35.3 Å². The largest absolute Gasteiger partial charge is 0.349 e. The van der Waals surface area contributed by atoms with E-state index in [1.165, 1.54) is 34.1 Å². The first-order chi connectivity index (χ1) is 18.5. The van der Waals surface area contributed by atoms with Gasteiger partial charge in [0.15, 0.2) is 11.3 Å². The van der Waals surface area contributed by atoms with E-state index in [1.807, 2.05) is 0 Å². The Morgan fingerprint density at radius 3 is 2.67 bits per heavy atom. The standard InChI is InChI=1S/C26H34F4N8O/c1-3-15(2)16-4-6-18(7-5-16)38-13-20(22(35-38)23(27)28)33-25(39)19-11-32-37-9-8-21(34-24(19)37)36-12-17(31)10-26(29,30)14-36/h8-9,11,13,15-18,23H,3-7,10,12,14,31H2,1-2H3,(H,33,39)/t15?,16?,17-,18?/m1/s1. The molecule has 1 aliphatic heterocycles. The van der Waals surface area contributed by atoms with Gasteiger partial charge in [-0.1, -0.05) is 20.3 Å². The lowest BCUT2D eigenvalue weighted by Crippen LogP contribution is -2.52. The van der Waals surface area contributed by atoms with Crippen LogP contribution < -0.4 is 16.0 Å². The zero-order valence-electron chi connectivity index (χ0n) is 22.0. The second-order valence-corrected chi connectivity index (χ2v) is 10.9. The number of halogens is 4. The zero-order valence-corrected chi connectivity index (χ0v) is 22.0. The van der Waals surface area contributed by atoms with Gasteiger partial charge in [-0.25, -0.2) is 27.1 Å². The predicted octanol–water partition coefficient (Wildman–Crippen LogP) is 5.07. The van der Waals surface area contributed by atoms with Crippen molar-refractivity contribution in [3.05, 3.63) is 35.9 Å². The number of anilines is 2. The van der Waals surface area contributed by atoms with E-state index >= 15 is 0 Å². The van der Waals surface area contributed by atoms with Crippen LogP contribution in [0, 0.1) is 11.8 Å². The molecule has 1 saturated carbocycles. The number of aromatic nitrogens is 5. The lowest BCUT2D eigenvalue weighted by Gasteiger charge is -2.36. The first-order valence-electron chi connectivity index (χ1n) is 13.5. The van der Waals surface area contributed by atoms with Crippen LogP contribution in [-0.4, -0.2) is 55.3 Å². The molecule has 5 rings (SSSR count). The molecule has 39 heavy (non-hydrogen) atoms. The van der Waals surface area contributed by atoms with Crippen molar-refractivity contribution in [2.45, 2.75) is 76.8 Å². The number of hydrogen-bond acceptors (Lipinski definition) is 6. The van der Waals surface area contributed by atoms with Crippen LogP contribution in [-0.2, 0) is 0 Å². The number of hydrogen-bond donors (Lipinski definition) is 2. The molecule has 13 heteroatoms. The van der Waals surface area contributed by atoms with Gasteiger partial charge in [0.25, 0.3) is 18.3 Å². The summed E-state index contributed by atoms with van der Waals surface area (Å²) in [4.78, 5) is 19.0. The molecule has 0 spiro atoms. The van der Waals surface area contributed by atoms with Crippen molar-refractivity contribution in [3.8, 4) is 0 Å². The Labute approximate surface area is 223 Å². The Morgan fingerprint density at radius 2 is 2.00 bits per heavy atom. The Morgan fingerprint density at radius 1 is 1.26 bits per heavy atom. The van der Waals surface area contributed by atoms with Crippen molar-refractivity contribution in [1.29, 1.82) is 0 Å². The van der Waals surface area contributed by atoms with Gasteiger partial charge in [-0.2, -0.15) is 10.2 Å². The van der Waals surface area contributed by atoms with Crippen LogP contribution in [0.15, 0.2) is 24.7 Å². The summed E-state index contributed by atoms with van der Waals surface area (Å²) in [5.41, 5.74) is 5.38. The van der Waals surface area contributed by atoms with Gasteiger partial charge in [0.05, 0.1) is 24.5 Å². The fourth-order valence-corrected chi connectivity index (χ4v) is 5.82. The number of amides is 1. The highest BCUT2D eigenvalue weighted by Crippen LogP contribution is 2.38. The number of nitrogens with two attached hydrogens (primary N) is 1. The van der Waals surface area contributed by atoms with E-state index in [0.717, 1.165) is 32.1 Å². The number of fused-ring (bicyclic) bond motifs is 1. The molecule has 212 valence electrons. The molecular weight excluding hydrogens is 516 g/mol. The smallest absolute Gasteiger partial charge is 0.284 e. The number of carbonyl (C=O) groups excluding carboxylic acids is 1. The first kappa shape index (κ1) is 27.4. The summed E-state index contributed by atoms with van der Waals surface area (Å²) in [6.07, 6.45) is 5.76. The molecule has 9 nitrogen and oxygen atoms in total. The average Bonchev–Trinajstić information content (AvgIpc) is 3.51. The topological polar surface area (TPSA) is 106 Å². The minimum absolute atomic E-state index is 0.0105. The lowest BCUT2D eigenvalue weighted by molar-refractivity contribution is -0.0174. The van der Waals surface area contributed by atoms with E-state index in [4.69, 9.17) is 5.73 Å². The summed E-state index contributed by atoms with van der Waals surface area (Å²) in [5, 5.41) is 10.8. The van der Waals surface area contributed by atoms with Crippen molar-refractivity contribution in [3.63, 3.8) is 0 Å². The molecule has 2 atom stereocenters. The molecule has 4 heterocycles. The average molecular weight is 551 g/mol. The maximum absolute atomic E-state index is 14.1. The zero-order chi connectivity index (χ0) is 27.9. The molecule has 1 aliphatic carbocycles. The summed E-state index contributed by atoms with van der Waals surface area (Å²) >= 11 is 0. The molecule has 0 bridgehead atoms. The molecule has 3 N–H and O–H groups in total. The van der Waals surface area contributed by atoms with Crippen molar-refractivity contribution >= 4 is 23.1 Å². The summed E-state index contributed by atoms with van der Waals surface area (Å²) in [7, 11) is 0. The SMILES string of the molecule is CCC(C)C1CCC(n2cc(NC(=O)c3cnn4ccc(N5C[C@H](N)CC(F)(F)C5)nc34)c(C(F)F)n2)CC1. The number of carbonyl (C=O) groups is 1. The van der Waals surface area contributed by atoms with Gasteiger partial charge in [-0.3, -0.25) is 9.48 Å². The maximum atomic E-state index is 14.1. The minimum atomic E-state index is -2.97. The molecule has 2 fully saturated rings. The molecule has 1 unspecified atom stereocenters. The van der Waals surface area contributed by atoms with Crippen molar-refractivity contribution in [2.75, 3.05) is 23.3 Å². The minimum Gasteiger partial charge on any atom is -0.349 e. The summed E-state index contributed by atoms with van der Waals surface area (Å²) in [6, 6.07) is 0.780. The molecule has 0 radical (unpaired) electrons. The van der Waals surface area contributed by atoms with Gasteiger partial charge in [-0.15, -0.1) is 0 Å². The van der Waals surface area contributed by atoms with E-state index in [2.05, 4.69) is 34.3 Å². The van der Waals surface area contributed by atoms with Crippen molar-refractivity contribution < 1.29 is 22.4 Å². The van der Waals surface area contributed by atoms with Crippen LogP contribution in [0.3, 0.4) is 0 Å². The van der Waals surface area contributed by atoms with Gasteiger partial charge in [-0.05, 0) is 43.6 Å². The summed E-state index contributed by atoms with van der Waals surface area (Å²) < 4.78 is 58.9. The quantitative estimate of drug-likeness (QED) is 0.398. The van der Waals surface area contributed by atoms with Crippen LogP contribution in [0.25, 0.3) is 5.65 Å². The highest BCUT2D eigenvalue weighted by Gasteiger charge is 2.39. The molecule has 2 aliphatic rings. The summed E-state index contributed by atoms with van der Waals surface area (Å²) in [5.74, 6) is -2.20. The summed E-state index contributed by atoms with van der Waals surface area (Å²) in [6.45, 7) is 4.06. The van der Waals surface area contributed by atoms with Crippen LogP contribution in [0.5, 0.6) is 0 Å². The van der Waals surface area contributed by atoms with Crippen LogP contribution >= 0.6 is 0 Å². The van der Waals surface area contributed by atoms with Gasteiger partial charge in [0, 0.05) is 31.4 Å². The van der Waals surface area contributed by atoms with Gasteiger partial charge in [0.1, 0.15) is 11.4 Å².